The minimum atomic E-state index is 0.445. The molecule has 2 aliphatic heterocycles. The summed E-state index contributed by atoms with van der Waals surface area (Å²) in [5, 5.41) is 0. The summed E-state index contributed by atoms with van der Waals surface area (Å²) in [6.45, 7) is 5.31. The number of nitrogens with zero attached hydrogens (tertiary/aromatic N) is 4. The lowest BCUT2D eigenvalue weighted by Gasteiger charge is -2.32. The molecule has 4 nitrogen and oxygen atoms in total. The number of aromatic nitrogens is 2. The molecule has 0 N–H and O–H groups in total. The Morgan fingerprint density at radius 2 is 2.09 bits per heavy atom. The molecule has 0 bridgehead atoms. The van der Waals surface area contributed by atoms with E-state index < -0.39 is 0 Å². The Balaban J connectivity index is 1.72. The molecular weight excluding hydrogens is 284 g/mol. The number of aryl methyl sites for hydroxylation is 1. The second-order valence-electron chi connectivity index (χ2n) is 6.88. The van der Waals surface area contributed by atoms with Gasteiger partial charge in [-0.15, -0.1) is 0 Å². The zero-order valence-corrected chi connectivity index (χ0v) is 14.0. The summed E-state index contributed by atoms with van der Waals surface area (Å²) in [7, 11) is 2.18. The Kier molecular flexibility index (Phi) is 3.77. The van der Waals surface area contributed by atoms with Crippen molar-refractivity contribution in [3.63, 3.8) is 0 Å². The molecule has 1 unspecified atom stereocenters. The van der Waals surface area contributed by atoms with Crippen molar-refractivity contribution in [2.75, 3.05) is 25.0 Å². The third-order valence-corrected chi connectivity index (χ3v) is 5.12. The van der Waals surface area contributed by atoms with E-state index in [1.54, 1.807) is 6.33 Å². The Morgan fingerprint density at radius 1 is 1.17 bits per heavy atom. The molecule has 0 spiro atoms. The fourth-order valence-electron chi connectivity index (χ4n) is 3.95. The molecule has 1 aromatic heterocycles. The number of fused-ring (bicyclic) bond motifs is 1. The van der Waals surface area contributed by atoms with Crippen molar-refractivity contribution in [2.24, 2.45) is 0 Å². The second kappa shape index (κ2) is 5.93. The summed E-state index contributed by atoms with van der Waals surface area (Å²) in [4.78, 5) is 14.1. The Hall–Kier alpha value is -1.94. The van der Waals surface area contributed by atoms with Gasteiger partial charge in [0.1, 0.15) is 12.1 Å². The third kappa shape index (κ3) is 2.72. The van der Waals surface area contributed by atoms with E-state index in [-0.39, 0.29) is 0 Å². The first-order valence-electron chi connectivity index (χ1n) is 8.57. The van der Waals surface area contributed by atoms with Crippen molar-refractivity contribution >= 4 is 5.82 Å². The largest absolute Gasteiger partial charge is 0.349 e. The third-order valence-electron chi connectivity index (χ3n) is 5.12. The van der Waals surface area contributed by atoms with E-state index in [1.165, 1.54) is 35.2 Å². The predicted molar refractivity (Wildman–Crippen MR) is 92.6 cm³/mol. The van der Waals surface area contributed by atoms with Crippen LogP contribution in [0.5, 0.6) is 0 Å². The van der Waals surface area contributed by atoms with Crippen molar-refractivity contribution in [1.82, 2.24) is 14.9 Å². The van der Waals surface area contributed by atoms with Crippen LogP contribution in [0.1, 0.15) is 41.3 Å². The van der Waals surface area contributed by atoms with Crippen LogP contribution in [-0.2, 0) is 13.0 Å². The van der Waals surface area contributed by atoms with E-state index in [2.05, 4.69) is 53.0 Å². The van der Waals surface area contributed by atoms with Gasteiger partial charge in [-0.1, -0.05) is 29.8 Å². The quantitative estimate of drug-likeness (QED) is 0.853. The van der Waals surface area contributed by atoms with Gasteiger partial charge in [0.25, 0.3) is 0 Å². The van der Waals surface area contributed by atoms with Crippen LogP contribution in [0.15, 0.2) is 30.6 Å². The molecule has 2 aromatic rings. The van der Waals surface area contributed by atoms with E-state index in [0.29, 0.717) is 6.04 Å². The molecule has 120 valence electrons. The number of hydrogen-bond acceptors (Lipinski definition) is 4. The van der Waals surface area contributed by atoms with Crippen molar-refractivity contribution in [3.8, 4) is 0 Å². The van der Waals surface area contributed by atoms with Crippen molar-refractivity contribution in [3.05, 3.63) is 53.0 Å². The topological polar surface area (TPSA) is 32.3 Å². The normalized spacial score (nSPS) is 21.5. The second-order valence-corrected chi connectivity index (χ2v) is 6.88. The first-order valence-corrected chi connectivity index (χ1v) is 8.57. The molecule has 23 heavy (non-hydrogen) atoms. The van der Waals surface area contributed by atoms with Crippen LogP contribution >= 0.6 is 0 Å². The monoisotopic (exact) mass is 308 g/mol. The standard InChI is InChI=1S/C19H24N4/c1-14-5-3-6-15(11-14)18-7-4-9-23(18)19-16-12-22(2)10-8-17(16)20-13-21-19/h3,5-6,11,13,18H,4,7-10,12H2,1-2H3. The van der Waals surface area contributed by atoms with Crippen LogP contribution in [0, 0.1) is 6.92 Å². The minimum Gasteiger partial charge on any atom is -0.349 e. The molecule has 1 atom stereocenters. The molecule has 1 saturated heterocycles. The van der Waals surface area contributed by atoms with Gasteiger partial charge in [-0.05, 0) is 32.4 Å². The van der Waals surface area contributed by atoms with Crippen molar-refractivity contribution < 1.29 is 0 Å². The van der Waals surface area contributed by atoms with E-state index in [1.807, 2.05) is 0 Å². The zero-order valence-electron chi connectivity index (χ0n) is 14.0. The van der Waals surface area contributed by atoms with Gasteiger partial charge < -0.3 is 9.80 Å². The Labute approximate surface area is 138 Å². The fraction of sp³-hybridized carbons (Fsp3) is 0.474. The maximum absolute atomic E-state index is 4.69. The Bertz CT molecular complexity index is 712. The van der Waals surface area contributed by atoms with E-state index in [0.717, 1.165) is 31.9 Å². The predicted octanol–water partition coefficient (Wildman–Crippen LogP) is 3.11. The summed E-state index contributed by atoms with van der Waals surface area (Å²) in [5.41, 5.74) is 5.32. The van der Waals surface area contributed by atoms with Gasteiger partial charge in [-0.3, -0.25) is 0 Å². The first kappa shape index (κ1) is 14.6. The lowest BCUT2D eigenvalue weighted by molar-refractivity contribution is 0.309. The molecule has 0 aliphatic carbocycles. The first-order chi connectivity index (χ1) is 11.2. The van der Waals surface area contributed by atoms with Gasteiger partial charge >= 0.3 is 0 Å². The summed E-state index contributed by atoms with van der Waals surface area (Å²) in [5.74, 6) is 1.16. The fourth-order valence-corrected chi connectivity index (χ4v) is 3.95. The van der Waals surface area contributed by atoms with Crippen LogP contribution in [0.2, 0.25) is 0 Å². The summed E-state index contributed by atoms with van der Waals surface area (Å²) >= 11 is 0. The molecule has 0 radical (unpaired) electrons. The number of rotatable bonds is 2. The van der Waals surface area contributed by atoms with Crippen LogP contribution in [0.4, 0.5) is 5.82 Å². The maximum Gasteiger partial charge on any atom is 0.137 e. The highest BCUT2D eigenvalue weighted by Crippen LogP contribution is 2.38. The van der Waals surface area contributed by atoms with E-state index >= 15 is 0 Å². The van der Waals surface area contributed by atoms with Gasteiger partial charge in [-0.2, -0.15) is 0 Å². The molecule has 1 fully saturated rings. The van der Waals surface area contributed by atoms with Gasteiger partial charge in [-0.25, -0.2) is 9.97 Å². The molecule has 1 aromatic carbocycles. The van der Waals surface area contributed by atoms with Crippen LogP contribution in [0.25, 0.3) is 0 Å². The molecular formula is C19H24N4. The summed E-state index contributed by atoms with van der Waals surface area (Å²) in [6, 6.07) is 9.37. The summed E-state index contributed by atoms with van der Waals surface area (Å²) in [6.07, 6.45) is 5.22. The average molecular weight is 308 g/mol. The highest BCUT2D eigenvalue weighted by molar-refractivity contribution is 5.52. The van der Waals surface area contributed by atoms with Gasteiger partial charge in [0.2, 0.25) is 0 Å². The highest BCUT2D eigenvalue weighted by atomic mass is 15.2. The van der Waals surface area contributed by atoms with E-state index in [4.69, 9.17) is 4.98 Å². The molecule has 4 rings (SSSR count). The SMILES string of the molecule is Cc1cccc(C2CCCN2c2ncnc3c2CN(C)CC3)c1. The lowest BCUT2D eigenvalue weighted by atomic mass is 10.0. The van der Waals surface area contributed by atoms with Crippen molar-refractivity contribution in [2.45, 2.75) is 38.8 Å². The van der Waals surface area contributed by atoms with Gasteiger partial charge in [0.15, 0.2) is 0 Å². The number of hydrogen-bond donors (Lipinski definition) is 0. The lowest BCUT2D eigenvalue weighted by Crippen LogP contribution is -2.32. The molecule has 4 heteroatoms. The summed E-state index contributed by atoms with van der Waals surface area (Å²) < 4.78 is 0. The molecule has 0 saturated carbocycles. The smallest absolute Gasteiger partial charge is 0.137 e. The van der Waals surface area contributed by atoms with Gasteiger partial charge in [0, 0.05) is 31.6 Å². The number of likely N-dealkylation sites (N-methyl/N-ethyl adjacent to an activating group) is 1. The molecule has 0 amide bonds. The van der Waals surface area contributed by atoms with Crippen molar-refractivity contribution in [1.29, 1.82) is 0 Å². The number of benzene rings is 1. The maximum atomic E-state index is 4.69. The highest BCUT2D eigenvalue weighted by Gasteiger charge is 2.30. The van der Waals surface area contributed by atoms with Crippen LogP contribution in [0.3, 0.4) is 0 Å². The number of anilines is 1. The van der Waals surface area contributed by atoms with Gasteiger partial charge in [0.05, 0.1) is 11.7 Å². The minimum absolute atomic E-state index is 0.445. The molecule has 3 heterocycles. The van der Waals surface area contributed by atoms with Crippen LogP contribution in [-0.4, -0.2) is 35.0 Å². The van der Waals surface area contributed by atoms with E-state index in [9.17, 15) is 0 Å². The molecule has 2 aliphatic rings. The average Bonchev–Trinajstić information content (AvgIpc) is 3.03. The Morgan fingerprint density at radius 3 is 2.96 bits per heavy atom. The van der Waals surface area contributed by atoms with Crippen LogP contribution < -0.4 is 4.90 Å². The zero-order chi connectivity index (χ0) is 15.8.